The number of ether oxygens (including phenoxy) is 1. The van der Waals surface area contributed by atoms with Gasteiger partial charge in [0.2, 0.25) is 5.91 Å². The molecule has 1 saturated carbocycles. The van der Waals surface area contributed by atoms with Crippen LogP contribution in [0, 0.1) is 5.92 Å². The van der Waals surface area contributed by atoms with Gasteiger partial charge in [0.25, 0.3) is 0 Å². The van der Waals surface area contributed by atoms with E-state index in [1.807, 2.05) is 29.2 Å². The van der Waals surface area contributed by atoms with Gasteiger partial charge in [-0.3, -0.25) is 4.79 Å². The van der Waals surface area contributed by atoms with Crippen molar-refractivity contribution in [3.63, 3.8) is 0 Å². The Morgan fingerprint density at radius 2 is 2.00 bits per heavy atom. The minimum atomic E-state index is -0.306. The summed E-state index contributed by atoms with van der Waals surface area (Å²) in [6.45, 7) is 1.75. The van der Waals surface area contributed by atoms with Gasteiger partial charge in [-0.05, 0) is 29.2 Å². The van der Waals surface area contributed by atoms with Gasteiger partial charge in [0, 0.05) is 12.5 Å². The minimum absolute atomic E-state index is 0.00808. The summed E-state index contributed by atoms with van der Waals surface area (Å²) < 4.78 is 5.64. The summed E-state index contributed by atoms with van der Waals surface area (Å²) in [5, 5.41) is 12.6. The van der Waals surface area contributed by atoms with Gasteiger partial charge in [0.1, 0.15) is 0 Å². The van der Waals surface area contributed by atoms with Crippen LogP contribution in [0.3, 0.4) is 0 Å². The quantitative estimate of drug-likeness (QED) is 0.935. The highest BCUT2D eigenvalue weighted by Gasteiger charge is 2.39. The fraction of sp³-hybridized carbons (Fsp3) is 0.476. The number of carbonyl (C=O) groups is 1. The van der Waals surface area contributed by atoms with E-state index in [4.69, 9.17) is 4.74 Å². The number of hydrogen-bond acceptors (Lipinski definition) is 3. The zero-order chi connectivity index (χ0) is 17.2. The highest BCUT2D eigenvalue weighted by molar-refractivity contribution is 5.90. The molecule has 0 unspecified atom stereocenters. The maximum Gasteiger partial charge on any atom is 0.227 e. The lowest BCUT2D eigenvalue weighted by molar-refractivity contribution is -0.143. The molecule has 1 aliphatic carbocycles. The Morgan fingerprint density at radius 3 is 2.84 bits per heavy atom. The number of rotatable bonds is 3. The average molecular weight is 339 g/mol. The number of amides is 1. The molecule has 3 atom stereocenters. The van der Waals surface area contributed by atoms with Crippen molar-refractivity contribution in [1.29, 1.82) is 0 Å². The third-order valence-electron chi connectivity index (χ3n) is 5.73. The number of benzene rings is 2. The number of aliphatic hydroxyl groups is 1. The fourth-order valence-corrected chi connectivity index (χ4v) is 4.42. The van der Waals surface area contributed by atoms with Crippen LogP contribution >= 0.6 is 0 Å². The second-order valence-corrected chi connectivity index (χ2v) is 7.21. The third-order valence-corrected chi connectivity index (χ3v) is 5.73. The molecule has 0 spiro atoms. The lowest BCUT2D eigenvalue weighted by Crippen LogP contribution is -2.54. The first-order chi connectivity index (χ1) is 12.2. The van der Waals surface area contributed by atoms with Gasteiger partial charge < -0.3 is 14.7 Å². The van der Waals surface area contributed by atoms with E-state index >= 15 is 0 Å². The second-order valence-electron chi connectivity index (χ2n) is 7.21. The number of hydrogen-bond donors (Lipinski definition) is 1. The first-order valence-corrected chi connectivity index (χ1v) is 9.26. The van der Waals surface area contributed by atoms with Gasteiger partial charge in [-0.2, -0.15) is 0 Å². The molecule has 25 heavy (non-hydrogen) atoms. The number of nitrogens with zero attached hydrogens (tertiary/aromatic N) is 1. The smallest absolute Gasteiger partial charge is 0.227 e. The van der Waals surface area contributed by atoms with E-state index in [-0.39, 0.29) is 24.0 Å². The predicted octanol–water partition coefficient (Wildman–Crippen LogP) is 2.77. The van der Waals surface area contributed by atoms with Crippen LogP contribution in [0.5, 0.6) is 0 Å². The summed E-state index contributed by atoms with van der Waals surface area (Å²) in [5.74, 6) is 0.292. The predicted molar refractivity (Wildman–Crippen MR) is 97.3 cm³/mol. The van der Waals surface area contributed by atoms with Crippen LogP contribution in [0.2, 0.25) is 0 Å². The maximum absolute atomic E-state index is 13.1. The summed E-state index contributed by atoms with van der Waals surface area (Å²) in [6, 6.07) is 14.3. The summed E-state index contributed by atoms with van der Waals surface area (Å²) in [4.78, 5) is 15.0. The molecule has 0 aromatic heterocycles. The summed E-state index contributed by atoms with van der Waals surface area (Å²) in [5.41, 5.74) is 1.07. The van der Waals surface area contributed by atoms with Gasteiger partial charge in [-0.1, -0.05) is 48.9 Å². The zero-order valence-electron chi connectivity index (χ0n) is 14.4. The Hall–Kier alpha value is -1.91. The van der Waals surface area contributed by atoms with E-state index in [1.54, 1.807) is 0 Å². The summed E-state index contributed by atoms with van der Waals surface area (Å²) >= 11 is 0. The molecule has 4 nitrogen and oxygen atoms in total. The van der Waals surface area contributed by atoms with Crippen LogP contribution in [0.4, 0.5) is 0 Å². The topological polar surface area (TPSA) is 49.8 Å². The van der Waals surface area contributed by atoms with Gasteiger partial charge in [-0.25, -0.2) is 0 Å². The van der Waals surface area contributed by atoms with Gasteiger partial charge in [0.05, 0.1) is 31.8 Å². The minimum Gasteiger partial charge on any atom is -0.393 e. The summed E-state index contributed by atoms with van der Waals surface area (Å²) in [6.07, 6.45) is 2.95. The van der Waals surface area contributed by atoms with Gasteiger partial charge in [0.15, 0.2) is 0 Å². The van der Waals surface area contributed by atoms with E-state index in [9.17, 15) is 9.90 Å². The molecule has 1 saturated heterocycles. The molecule has 1 N–H and O–H groups in total. The molecule has 1 amide bonds. The molecule has 4 heteroatoms. The lowest BCUT2D eigenvalue weighted by Gasteiger charge is -2.40. The first kappa shape index (κ1) is 16.6. The standard InChI is InChI=1S/C21H25NO3/c23-20-10-4-9-18(20)19-14-25-12-11-22(19)21(24)13-16-7-3-6-15-5-1-2-8-17(15)16/h1-3,5-8,18-20,23H,4,9-14H2/t18-,19-,20+/m1/s1. The van der Waals surface area contributed by atoms with Crippen LogP contribution in [0.1, 0.15) is 24.8 Å². The van der Waals surface area contributed by atoms with Gasteiger partial charge >= 0.3 is 0 Å². The Kier molecular flexibility index (Phi) is 4.73. The van der Waals surface area contributed by atoms with E-state index in [2.05, 4.69) is 18.2 Å². The average Bonchev–Trinajstić information content (AvgIpc) is 3.08. The van der Waals surface area contributed by atoms with Crippen LogP contribution in [0.15, 0.2) is 42.5 Å². The highest BCUT2D eigenvalue weighted by Crippen LogP contribution is 2.32. The van der Waals surface area contributed by atoms with Crippen molar-refractivity contribution in [1.82, 2.24) is 4.90 Å². The number of aliphatic hydroxyl groups excluding tert-OH is 1. The van der Waals surface area contributed by atoms with Crippen molar-refractivity contribution in [2.45, 2.75) is 37.8 Å². The number of carbonyl (C=O) groups excluding carboxylic acids is 1. The Balaban J connectivity index is 1.56. The van der Waals surface area contributed by atoms with Crippen molar-refractivity contribution in [2.24, 2.45) is 5.92 Å². The SMILES string of the molecule is O=C(Cc1cccc2ccccc12)N1CCOC[C@@H]1[C@H]1CCC[C@@H]1O. The van der Waals surface area contributed by atoms with Crippen molar-refractivity contribution in [3.05, 3.63) is 48.0 Å². The normalized spacial score (nSPS) is 26.9. The second kappa shape index (κ2) is 7.14. The highest BCUT2D eigenvalue weighted by atomic mass is 16.5. The molecule has 1 aliphatic heterocycles. The first-order valence-electron chi connectivity index (χ1n) is 9.26. The van der Waals surface area contributed by atoms with Crippen molar-refractivity contribution in [3.8, 4) is 0 Å². The zero-order valence-corrected chi connectivity index (χ0v) is 14.4. The largest absolute Gasteiger partial charge is 0.393 e. The van der Waals surface area contributed by atoms with Crippen LogP contribution in [0.25, 0.3) is 10.8 Å². The molecule has 2 fully saturated rings. The molecule has 4 rings (SSSR count). The molecular weight excluding hydrogens is 314 g/mol. The van der Waals surface area contributed by atoms with Crippen LogP contribution in [-0.4, -0.2) is 47.8 Å². The van der Waals surface area contributed by atoms with E-state index in [1.165, 1.54) is 0 Å². The number of fused-ring (bicyclic) bond motifs is 1. The van der Waals surface area contributed by atoms with E-state index in [0.717, 1.165) is 35.6 Å². The summed E-state index contributed by atoms with van der Waals surface area (Å²) in [7, 11) is 0. The molecule has 132 valence electrons. The molecule has 1 heterocycles. The third kappa shape index (κ3) is 3.29. The van der Waals surface area contributed by atoms with Crippen LogP contribution < -0.4 is 0 Å². The molecular formula is C21H25NO3. The molecule has 2 aromatic carbocycles. The molecule has 0 bridgehead atoms. The van der Waals surface area contributed by atoms with Gasteiger partial charge in [-0.15, -0.1) is 0 Å². The fourth-order valence-electron chi connectivity index (χ4n) is 4.42. The van der Waals surface area contributed by atoms with E-state index in [0.29, 0.717) is 26.2 Å². The molecule has 0 radical (unpaired) electrons. The Bertz CT molecular complexity index is 754. The van der Waals surface area contributed by atoms with E-state index < -0.39 is 0 Å². The molecule has 2 aliphatic rings. The van der Waals surface area contributed by atoms with Crippen molar-refractivity contribution in [2.75, 3.05) is 19.8 Å². The monoisotopic (exact) mass is 339 g/mol. The molecule has 2 aromatic rings. The van der Waals surface area contributed by atoms with Crippen molar-refractivity contribution < 1.29 is 14.6 Å². The Morgan fingerprint density at radius 1 is 1.16 bits per heavy atom. The van der Waals surface area contributed by atoms with Crippen LogP contribution in [-0.2, 0) is 16.0 Å². The van der Waals surface area contributed by atoms with Crippen molar-refractivity contribution >= 4 is 16.7 Å². The maximum atomic E-state index is 13.1. The lowest BCUT2D eigenvalue weighted by atomic mass is 9.93. The Labute approximate surface area is 148 Å². The number of morpholine rings is 1.